The average molecular weight is 1320 g/mol. The first kappa shape index (κ1) is 53.0. The predicted molar refractivity (Wildman–Crippen MR) is 363 cm³/mol. The average Bonchev–Trinajstić information content (AvgIpc) is 1.75. The van der Waals surface area contributed by atoms with E-state index in [2.05, 4.69) is 272 Å². The molecule has 0 spiro atoms. The number of ether oxygens (including phenoxy) is 1. The SMILES string of the molecule is [2H]C([2H])(c1ccnc(-n2c3[c-]c(Oc4[c-]c(N5[CH-]n6c7c(-c8cc(C(C)(C)C)cc([Si](c9ccccc9)(c9ccccc9)c9ccccc9)c8)cccc7c7ccccc7c7ccccc7c7cccc5c76)ccc4)ccc3c3ccccc32)c1)C(C)C.[Pt]. The molecule has 0 radical (unpaired) electrons. The van der Waals surface area contributed by atoms with Crippen LogP contribution in [0.2, 0.25) is 0 Å². The second-order valence-corrected chi connectivity index (χ2v) is 27.7. The van der Waals surface area contributed by atoms with E-state index in [1.807, 2.05) is 50.2 Å². The summed E-state index contributed by atoms with van der Waals surface area (Å²) < 4.78 is 29.3. The number of pyridine rings is 1. The Kier molecular flexibility index (Phi) is 13.7. The Labute approximate surface area is 527 Å². The topological polar surface area (TPSA) is 35.2 Å². The number of aromatic nitrogens is 3. The molecule has 15 rings (SSSR count). The van der Waals surface area contributed by atoms with Gasteiger partial charge in [-0.2, -0.15) is 12.1 Å². The van der Waals surface area contributed by atoms with Crippen LogP contribution in [0.1, 0.15) is 48.5 Å². The Morgan fingerprint density at radius 2 is 1.07 bits per heavy atom. The predicted octanol–water partition coefficient (Wildman–Crippen LogP) is 17.8. The van der Waals surface area contributed by atoms with Gasteiger partial charge in [0.05, 0.1) is 0 Å². The summed E-state index contributed by atoms with van der Waals surface area (Å²) in [6, 6.07) is 102. The van der Waals surface area contributed by atoms with E-state index in [1.54, 1.807) is 12.3 Å². The molecule has 1 aliphatic rings. The van der Waals surface area contributed by atoms with Crippen molar-refractivity contribution in [3.63, 3.8) is 0 Å². The van der Waals surface area contributed by atoms with Crippen LogP contribution >= 0.6 is 0 Å². The molecule has 7 heteroatoms. The number of nitrogens with zero attached hydrogens (tertiary/aromatic N) is 4. The minimum atomic E-state index is -3.01. The molecule has 0 saturated heterocycles. The fourth-order valence-electron chi connectivity index (χ4n) is 13.3. The van der Waals surface area contributed by atoms with Gasteiger partial charge in [0.2, 0.25) is 0 Å². The normalized spacial score (nSPS) is 12.8. The fourth-order valence-corrected chi connectivity index (χ4v) is 18.2. The van der Waals surface area contributed by atoms with Gasteiger partial charge in [-0.15, -0.1) is 35.7 Å². The maximum atomic E-state index is 8.96. The molecule has 0 amide bonds. The summed E-state index contributed by atoms with van der Waals surface area (Å²) in [5, 5.41) is 14.2. The van der Waals surface area contributed by atoms with E-state index >= 15 is 0 Å². The summed E-state index contributed by atoms with van der Waals surface area (Å²) in [7, 11) is -3.01. The monoisotopic (exact) mass is 1320 g/mol. The quantitative estimate of drug-likeness (QED) is 0.0735. The maximum absolute atomic E-state index is 8.96. The smallest absolute Gasteiger partial charge is 0.179 e. The molecule has 0 unspecified atom stereocenters. The Balaban J connectivity index is 0.00000694. The zero-order valence-corrected chi connectivity index (χ0v) is 52.3. The van der Waals surface area contributed by atoms with E-state index in [-0.39, 0.29) is 32.4 Å². The van der Waals surface area contributed by atoms with Crippen LogP contribution in [-0.2, 0) is 32.9 Å². The molecule has 0 fully saturated rings. The molecule has 14 aromatic rings. The molecule has 0 saturated carbocycles. The molecule has 87 heavy (non-hydrogen) atoms. The van der Waals surface area contributed by atoms with Gasteiger partial charge < -0.3 is 18.8 Å². The van der Waals surface area contributed by atoms with Gasteiger partial charge in [-0.05, 0) is 140 Å². The molecular weight excluding hydrogens is 1260 g/mol. The second kappa shape index (κ2) is 22.4. The number of hydrogen-bond donors (Lipinski definition) is 0. The van der Waals surface area contributed by atoms with Crippen LogP contribution in [0.4, 0.5) is 11.4 Å². The van der Waals surface area contributed by atoms with Crippen molar-refractivity contribution < 1.29 is 28.5 Å². The summed E-state index contributed by atoms with van der Waals surface area (Å²) in [6.07, 6.45) is 0.147. The van der Waals surface area contributed by atoms with Crippen molar-refractivity contribution >= 4 is 105 Å². The Bertz CT molecular complexity index is 5020. The van der Waals surface area contributed by atoms with Gasteiger partial charge in [-0.25, -0.2) is 4.98 Å². The molecule has 11 aromatic carbocycles. The van der Waals surface area contributed by atoms with Crippen LogP contribution < -0.4 is 30.4 Å². The van der Waals surface area contributed by atoms with E-state index in [9.17, 15) is 0 Å². The number of anilines is 2. The molecule has 1 aliphatic heterocycles. The molecule has 3 aromatic heterocycles. The van der Waals surface area contributed by atoms with Crippen LogP contribution in [0, 0.1) is 24.7 Å². The largest absolute Gasteiger partial charge is 0.509 e. The first-order valence-corrected chi connectivity index (χ1v) is 31.7. The fraction of sp³-hybridized carbons (Fsp3) is 0.100. The van der Waals surface area contributed by atoms with Crippen molar-refractivity contribution in [2.45, 2.75) is 46.4 Å². The summed E-state index contributed by atoms with van der Waals surface area (Å²) in [5.74, 6) is 1.42. The second-order valence-electron chi connectivity index (χ2n) is 23.9. The van der Waals surface area contributed by atoms with Crippen LogP contribution in [0.25, 0.3) is 82.1 Å². The van der Waals surface area contributed by atoms with Gasteiger partial charge >= 0.3 is 0 Å². The standard InChI is InChI=1S/C80H63N4OSi.Pt/c1-54(2)46-55-44-45-81-77(47-55)84-74-40-20-19-36-70(74)71-43-42-60(52-76(71)84)85-59-25-21-24-58(51-59)82-53-83-78-65(37-22-38-72(78)68-34-17-15-32-66(68)67-33-16-18-35-69(67)73-39-23-41-75(82)79(73)83)56-48-57(80(3,4)5)50-64(49-56)86(61-26-9-6-10-27-61,62-28-11-7-12-29-62)63-30-13-8-14-31-63;/h6-45,47-50,53-54H,46H2,1-5H3;/q-3;/i46D2;. The molecule has 4 heterocycles. The maximum Gasteiger partial charge on any atom is 0.179 e. The van der Waals surface area contributed by atoms with Crippen molar-refractivity contribution in [1.82, 2.24) is 14.1 Å². The Morgan fingerprint density at radius 1 is 0.517 bits per heavy atom. The first-order chi connectivity index (χ1) is 42.9. The van der Waals surface area contributed by atoms with Crippen LogP contribution in [-0.4, -0.2) is 22.2 Å². The van der Waals surface area contributed by atoms with Gasteiger partial charge in [0.15, 0.2) is 8.07 Å². The van der Waals surface area contributed by atoms with Gasteiger partial charge in [-0.1, -0.05) is 252 Å². The third-order valence-corrected chi connectivity index (χ3v) is 21.9. The molecule has 5 nitrogen and oxygen atoms in total. The minimum absolute atomic E-state index is 0. The van der Waals surface area contributed by atoms with E-state index in [4.69, 9.17) is 12.5 Å². The molecule has 0 atom stereocenters. The van der Waals surface area contributed by atoms with Gasteiger partial charge in [0.1, 0.15) is 5.82 Å². The third-order valence-electron chi connectivity index (χ3n) is 17.1. The first-order valence-electron chi connectivity index (χ1n) is 30.7. The van der Waals surface area contributed by atoms with Gasteiger partial charge in [-0.3, -0.25) is 0 Å². The van der Waals surface area contributed by atoms with Crippen LogP contribution in [0.3, 0.4) is 0 Å². The van der Waals surface area contributed by atoms with Crippen LogP contribution in [0.15, 0.2) is 267 Å². The van der Waals surface area contributed by atoms with E-state index < -0.39 is 14.4 Å². The number of fused-ring (bicyclic) bond motifs is 10. The van der Waals surface area contributed by atoms with Crippen molar-refractivity contribution in [3.05, 3.63) is 297 Å². The van der Waals surface area contributed by atoms with Crippen molar-refractivity contribution in [2.75, 3.05) is 4.90 Å². The summed E-state index contributed by atoms with van der Waals surface area (Å²) in [5.41, 5.74) is 9.58. The van der Waals surface area contributed by atoms with Crippen molar-refractivity contribution in [3.8, 4) is 28.4 Å². The minimum Gasteiger partial charge on any atom is -0.509 e. The Morgan fingerprint density at radius 3 is 1.70 bits per heavy atom. The number of rotatable bonds is 11. The van der Waals surface area contributed by atoms with Crippen molar-refractivity contribution in [1.29, 1.82) is 0 Å². The number of para-hydroxylation sites is 3. The zero-order valence-electron chi connectivity index (χ0n) is 51.1. The molecule has 0 aliphatic carbocycles. The summed E-state index contributed by atoms with van der Waals surface area (Å²) in [4.78, 5) is 7.08. The van der Waals surface area contributed by atoms with E-state index in [1.165, 1.54) is 37.1 Å². The summed E-state index contributed by atoms with van der Waals surface area (Å²) in [6.45, 7) is 13.1. The Hall–Kier alpha value is -9.45. The number of benzene rings is 11. The van der Waals surface area contributed by atoms with E-state index in [0.717, 1.165) is 76.9 Å². The molecule has 426 valence electrons. The van der Waals surface area contributed by atoms with Crippen molar-refractivity contribution in [2.24, 2.45) is 5.92 Å². The summed E-state index contributed by atoms with van der Waals surface area (Å²) >= 11 is 0. The van der Waals surface area contributed by atoms with E-state index in [0.29, 0.717) is 22.9 Å². The number of hydrogen-bond acceptors (Lipinski definition) is 3. The molecular formula is C80H63N4OPtSi-3. The van der Waals surface area contributed by atoms with Gasteiger partial charge in [0.25, 0.3) is 0 Å². The molecule has 0 N–H and O–H groups in total. The third kappa shape index (κ3) is 9.60. The zero-order chi connectivity index (χ0) is 59.9. The molecule has 0 bridgehead atoms. The van der Waals surface area contributed by atoms with Crippen LogP contribution in [0.5, 0.6) is 11.5 Å². The van der Waals surface area contributed by atoms with Gasteiger partial charge in [0, 0.05) is 52.7 Å².